The van der Waals surface area contributed by atoms with Crippen molar-refractivity contribution in [1.29, 1.82) is 0 Å². The summed E-state index contributed by atoms with van der Waals surface area (Å²) in [5, 5.41) is 0.788. The molecule has 1 heterocycles. The fourth-order valence-electron chi connectivity index (χ4n) is 1.74. The Balaban J connectivity index is 2.11. The van der Waals surface area contributed by atoms with E-state index in [9.17, 15) is 0 Å². The van der Waals surface area contributed by atoms with Gasteiger partial charge in [0.15, 0.2) is 0 Å². The van der Waals surface area contributed by atoms with Gasteiger partial charge >= 0.3 is 0 Å². The van der Waals surface area contributed by atoms with Gasteiger partial charge in [0, 0.05) is 11.2 Å². The molecule has 2 aromatic rings. The topological polar surface area (TPSA) is 48.1 Å². The average molecular weight is 263 g/mol. The van der Waals surface area contributed by atoms with Gasteiger partial charge in [-0.05, 0) is 54.8 Å². The maximum absolute atomic E-state index is 6.11. The van der Waals surface area contributed by atoms with Gasteiger partial charge in [-0.2, -0.15) is 0 Å². The van der Waals surface area contributed by atoms with E-state index in [-0.39, 0.29) is 0 Å². The molecule has 2 N–H and O–H groups in total. The highest BCUT2D eigenvalue weighted by Gasteiger charge is 2.04. The standard InChI is InChI=1S/C14H15ClN2O/c1-9-5-12(6-10(2)14(9)15)18-8-11-3-4-17-13(16)7-11/h3-7H,8H2,1-2H3,(H2,16,17). The van der Waals surface area contributed by atoms with Crippen LogP contribution in [0, 0.1) is 13.8 Å². The number of pyridine rings is 1. The smallest absolute Gasteiger partial charge is 0.123 e. The normalized spacial score (nSPS) is 10.4. The summed E-state index contributed by atoms with van der Waals surface area (Å²) in [4.78, 5) is 3.94. The molecule has 18 heavy (non-hydrogen) atoms. The van der Waals surface area contributed by atoms with Crippen LogP contribution in [0.3, 0.4) is 0 Å². The van der Waals surface area contributed by atoms with Crippen LogP contribution in [0.2, 0.25) is 5.02 Å². The lowest BCUT2D eigenvalue weighted by atomic mass is 10.1. The largest absolute Gasteiger partial charge is 0.489 e. The molecule has 3 nitrogen and oxygen atoms in total. The van der Waals surface area contributed by atoms with E-state index in [1.807, 2.05) is 32.0 Å². The Bertz CT molecular complexity index is 546. The number of nitrogen functional groups attached to an aromatic ring is 1. The van der Waals surface area contributed by atoms with Crippen molar-refractivity contribution >= 4 is 17.4 Å². The van der Waals surface area contributed by atoms with E-state index in [2.05, 4.69) is 4.98 Å². The Morgan fingerprint density at radius 3 is 2.50 bits per heavy atom. The lowest BCUT2D eigenvalue weighted by Crippen LogP contribution is -1.98. The molecule has 0 radical (unpaired) electrons. The first-order valence-electron chi connectivity index (χ1n) is 5.66. The SMILES string of the molecule is Cc1cc(OCc2ccnc(N)c2)cc(C)c1Cl. The Kier molecular flexibility index (Phi) is 3.72. The van der Waals surface area contributed by atoms with Crippen molar-refractivity contribution in [2.75, 3.05) is 5.73 Å². The highest BCUT2D eigenvalue weighted by Crippen LogP contribution is 2.26. The molecule has 0 spiro atoms. The van der Waals surface area contributed by atoms with Gasteiger partial charge in [0.1, 0.15) is 18.2 Å². The molecule has 0 saturated carbocycles. The number of hydrogen-bond acceptors (Lipinski definition) is 3. The molecule has 0 aliphatic carbocycles. The molecule has 0 aliphatic rings. The van der Waals surface area contributed by atoms with Crippen LogP contribution in [0.4, 0.5) is 5.82 Å². The molecular weight excluding hydrogens is 248 g/mol. The first-order valence-corrected chi connectivity index (χ1v) is 6.04. The molecule has 4 heteroatoms. The van der Waals surface area contributed by atoms with Gasteiger partial charge < -0.3 is 10.5 Å². The first kappa shape index (κ1) is 12.7. The predicted molar refractivity (Wildman–Crippen MR) is 73.9 cm³/mol. The molecule has 1 aromatic carbocycles. The van der Waals surface area contributed by atoms with Gasteiger partial charge in [-0.1, -0.05) is 11.6 Å². The average Bonchev–Trinajstić information content (AvgIpc) is 2.33. The highest BCUT2D eigenvalue weighted by atomic mass is 35.5. The minimum atomic E-state index is 0.466. The van der Waals surface area contributed by atoms with Gasteiger partial charge in [-0.15, -0.1) is 0 Å². The van der Waals surface area contributed by atoms with E-state index in [1.165, 1.54) is 0 Å². The minimum Gasteiger partial charge on any atom is -0.489 e. The van der Waals surface area contributed by atoms with Crippen molar-refractivity contribution in [2.45, 2.75) is 20.5 Å². The molecule has 0 unspecified atom stereocenters. The summed E-state index contributed by atoms with van der Waals surface area (Å²) in [5.41, 5.74) is 8.63. The van der Waals surface area contributed by atoms with Crippen LogP contribution >= 0.6 is 11.6 Å². The van der Waals surface area contributed by atoms with Crippen molar-refractivity contribution in [1.82, 2.24) is 4.98 Å². The number of nitrogens with two attached hydrogens (primary N) is 1. The molecule has 94 valence electrons. The maximum Gasteiger partial charge on any atom is 0.123 e. The Morgan fingerprint density at radius 1 is 1.22 bits per heavy atom. The molecule has 0 fully saturated rings. The van der Waals surface area contributed by atoms with Crippen LogP contribution in [0.1, 0.15) is 16.7 Å². The zero-order valence-electron chi connectivity index (χ0n) is 10.4. The van der Waals surface area contributed by atoms with Gasteiger partial charge in [0.2, 0.25) is 0 Å². The maximum atomic E-state index is 6.11. The van der Waals surface area contributed by atoms with Crippen molar-refractivity contribution in [2.24, 2.45) is 0 Å². The molecule has 1 aromatic heterocycles. The predicted octanol–water partition coefficient (Wildman–Crippen LogP) is 3.51. The third-order valence-corrected chi connectivity index (χ3v) is 3.26. The van der Waals surface area contributed by atoms with Gasteiger partial charge in [-0.3, -0.25) is 0 Å². The van der Waals surface area contributed by atoms with E-state index in [0.29, 0.717) is 12.4 Å². The fraction of sp³-hybridized carbons (Fsp3) is 0.214. The summed E-state index contributed by atoms with van der Waals surface area (Å²) in [6, 6.07) is 7.54. The van der Waals surface area contributed by atoms with Crippen LogP contribution in [-0.2, 0) is 6.61 Å². The molecule has 0 amide bonds. The highest BCUT2D eigenvalue weighted by molar-refractivity contribution is 6.32. The number of aromatic nitrogens is 1. The van der Waals surface area contributed by atoms with Gasteiger partial charge in [-0.25, -0.2) is 4.98 Å². The molecular formula is C14H15ClN2O. The van der Waals surface area contributed by atoms with Crippen LogP contribution in [-0.4, -0.2) is 4.98 Å². The lowest BCUT2D eigenvalue weighted by Gasteiger charge is -2.10. The van der Waals surface area contributed by atoms with Gasteiger partial charge in [0.05, 0.1) is 0 Å². The van der Waals surface area contributed by atoms with E-state index in [4.69, 9.17) is 22.1 Å². The second kappa shape index (κ2) is 5.27. The zero-order chi connectivity index (χ0) is 13.1. The molecule has 0 atom stereocenters. The van der Waals surface area contributed by atoms with Crippen LogP contribution in [0.15, 0.2) is 30.5 Å². The van der Waals surface area contributed by atoms with E-state index in [1.54, 1.807) is 12.3 Å². The molecule has 0 aliphatic heterocycles. The summed E-state index contributed by atoms with van der Waals surface area (Å²) < 4.78 is 5.72. The molecule has 2 rings (SSSR count). The second-order valence-electron chi connectivity index (χ2n) is 4.25. The van der Waals surface area contributed by atoms with Crippen LogP contribution < -0.4 is 10.5 Å². The molecule has 0 bridgehead atoms. The number of hydrogen-bond donors (Lipinski definition) is 1. The van der Waals surface area contributed by atoms with E-state index in [0.717, 1.165) is 27.5 Å². The number of ether oxygens (including phenoxy) is 1. The summed E-state index contributed by atoms with van der Waals surface area (Å²) in [5.74, 6) is 1.31. The quantitative estimate of drug-likeness (QED) is 0.921. The number of nitrogens with zero attached hydrogens (tertiary/aromatic N) is 1. The fourth-order valence-corrected chi connectivity index (χ4v) is 1.85. The van der Waals surface area contributed by atoms with Crippen molar-refractivity contribution in [3.05, 3.63) is 52.2 Å². The van der Waals surface area contributed by atoms with Crippen LogP contribution in [0.5, 0.6) is 5.75 Å². The van der Waals surface area contributed by atoms with E-state index >= 15 is 0 Å². The number of halogens is 1. The lowest BCUT2D eigenvalue weighted by molar-refractivity contribution is 0.306. The van der Waals surface area contributed by atoms with E-state index < -0.39 is 0 Å². The van der Waals surface area contributed by atoms with Gasteiger partial charge in [0.25, 0.3) is 0 Å². The zero-order valence-corrected chi connectivity index (χ0v) is 11.2. The first-order chi connectivity index (χ1) is 8.56. The number of benzene rings is 1. The van der Waals surface area contributed by atoms with Crippen molar-refractivity contribution in [3.63, 3.8) is 0 Å². The summed E-state index contributed by atoms with van der Waals surface area (Å²) in [6.45, 7) is 4.40. The Labute approximate surface area is 112 Å². The summed E-state index contributed by atoms with van der Waals surface area (Å²) in [6.07, 6.45) is 1.67. The van der Waals surface area contributed by atoms with Crippen molar-refractivity contribution < 1.29 is 4.74 Å². The summed E-state index contributed by atoms with van der Waals surface area (Å²) in [7, 11) is 0. The Hall–Kier alpha value is -1.74. The third-order valence-electron chi connectivity index (χ3n) is 2.66. The Morgan fingerprint density at radius 2 is 1.89 bits per heavy atom. The number of aryl methyl sites for hydroxylation is 2. The number of rotatable bonds is 3. The molecule has 0 saturated heterocycles. The monoisotopic (exact) mass is 262 g/mol. The number of anilines is 1. The minimum absolute atomic E-state index is 0.466. The van der Waals surface area contributed by atoms with Crippen molar-refractivity contribution in [3.8, 4) is 5.75 Å². The second-order valence-corrected chi connectivity index (χ2v) is 4.63. The summed E-state index contributed by atoms with van der Waals surface area (Å²) >= 11 is 6.11. The third kappa shape index (κ3) is 2.93. The van der Waals surface area contributed by atoms with Crippen LogP contribution in [0.25, 0.3) is 0 Å².